The Morgan fingerprint density at radius 3 is 2.25 bits per heavy atom. The number of carbonyl (C=O) groups excluding carboxylic acids is 2. The minimum atomic E-state index is -1.25. The molecule has 0 unspecified atom stereocenters. The highest BCUT2D eigenvalue weighted by Gasteiger charge is 2.46. The average molecular weight is 216 g/mol. The Labute approximate surface area is 93.4 Å². The Balaban J connectivity index is 2.20. The summed E-state index contributed by atoms with van der Waals surface area (Å²) < 4.78 is 0. The molecule has 16 heavy (non-hydrogen) atoms. The van der Waals surface area contributed by atoms with Crippen molar-refractivity contribution in [3.8, 4) is 0 Å². The van der Waals surface area contributed by atoms with Gasteiger partial charge in [0.2, 0.25) is 0 Å². The molecule has 0 atom stereocenters. The number of nitrogens with zero attached hydrogens (tertiary/aromatic N) is 2. The zero-order chi connectivity index (χ0) is 11.4. The topological polar surface area (TPSA) is 58.9 Å². The van der Waals surface area contributed by atoms with E-state index in [9.17, 15) is 9.59 Å². The first-order valence-electron chi connectivity index (χ1n) is 5.21. The van der Waals surface area contributed by atoms with Crippen LogP contribution in [0.15, 0.2) is 40.6 Å². The zero-order valence-corrected chi connectivity index (χ0v) is 8.74. The Hall–Kier alpha value is -1.84. The van der Waals surface area contributed by atoms with Crippen LogP contribution in [-0.4, -0.2) is 18.1 Å². The molecular formula is C12H12N2O2. The van der Waals surface area contributed by atoms with E-state index in [-0.39, 0.29) is 5.92 Å². The fourth-order valence-corrected chi connectivity index (χ4v) is 1.53. The fraction of sp³-hybridized carbons (Fsp3) is 0.333. The molecule has 2 rings (SSSR count). The smallest absolute Gasteiger partial charge is 0.194 e. The van der Waals surface area contributed by atoms with Crippen LogP contribution in [0.1, 0.15) is 12.8 Å². The van der Waals surface area contributed by atoms with Crippen molar-refractivity contribution >= 4 is 18.3 Å². The molecule has 0 N–H and O–H groups in total. The lowest BCUT2D eigenvalue weighted by atomic mass is 9.99. The van der Waals surface area contributed by atoms with Crippen molar-refractivity contribution in [2.45, 2.75) is 18.4 Å². The number of aldehydes is 2. The van der Waals surface area contributed by atoms with Gasteiger partial charge in [-0.25, -0.2) is 0 Å². The van der Waals surface area contributed by atoms with Crippen LogP contribution in [0, 0.1) is 5.92 Å². The molecule has 1 aromatic rings. The molecule has 1 aliphatic carbocycles. The van der Waals surface area contributed by atoms with Crippen LogP contribution in [0.25, 0.3) is 0 Å². The van der Waals surface area contributed by atoms with E-state index in [0.717, 1.165) is 12.8 Å². The molecule has 0 aromatic heterocycles. The van der Waals surface area contributed by atoms with E-state index in [2.05, 4.69) is 10.2 Å². The van der Waals surface area contributed by atoms with Crippen molar-refractivity contribution in [3.05, 3.63) is 30.3 Å². The molecule has 0 aliphatic heterocycles. The summed E-state index contributed by atoms with van der Waals surface area (Å²) in [5, 5.41) is 7.86. The van der Waals surface area contributed by atoms with Crippen LogP contribution < -0.4 is 0 Å². The number of carbonyl (C=O) groups is 2. The van der Waals surface area contributed by atoms with Gasteiger partial charge < -0.3 is 9.59 Å². The molecule has 0 saturated heterocycles. The monoisotopic (exact) mass is 216 g/mol. The zero-order valence-electron chi connectivity index (χ0n) is 8.74. The Morgan fingerprint density at radius 2 is 1.75 bits per heavy atom. The molecule has 1 aliphatic rings. The van der Waals surface area contributed by atoms with Gasteiger partial charge in [-0.15, -0.1) is 0 Å². The van der Waals surface area contributed by atoms with Gasteiger partial charge in [-0.2, -0.15) is 10.2 Å². The molecule has 0 heterocycles. The minimum absolute atomic E-state index is 0.0370. The summed E-state index contributed by atoms with van der Waals surface area (Å²) in [5.74, 6) is 0.0370. The molecule has 1 fully saturated rings. The maximum absolute atomic E-state index is 11.0. The second-order valence-corrected chi connectivity index (χ2v) is 3.93. The molecule has 0 amide bonds. The minimum Gasteiger partial charge on any atom is -0.300 e. The quantitative estimate of drug-likeness (QED) is 0.431. The van der Waals surface area contributed by atoms with Gasteiger partial charge in [-0.1, -0.05) is 18.2 Å². The SMILES string of the molecule is O=CC(C=O)(N=Nc1ccccc1)C1CC1. The van der Waals surface area contributed by atoms with E-state index in [4.69, 9.17) is 0 Å². The molecule has 1 saturated carbocycles. The van der Waals surface area contributed by atoms with E-state index >= 15 is 0 Å². The molecule has 4 heteroatoms. The highest BCUT2D eigenvalue weighted by molar-refractivity contribution is 5.90. The molecule has 0 radical (unpaired) electrons. The average Bonchev–Trinajstić information content (AvgIpc) is 3.17. The Kier molecular flexibility index (Phi) is 2.90. The van der Waals surface area contributed by atoms with Crippen LogP contribution in [0.4, 0.5) is 5.69 Å². The van der Waals surface area contributed by atoms with Crippen molar-refractivity contribution in [3.63, 3.8) is 0 Å². The first-order chi connectivity index (χ1) is 7.80. The van der Waals surface area contributed by atoms with Crippen molar-refractivity contribution in [2.75, 3.05) is 0 Å². The number of hydrogen-bond acceptors (Lipinski definition) is 4. The van der Waals surface area contributed by atoms with Crippen LogP contribution >= 0.6 is 0 Å². The second-order valence-electron chi connectivity index (χ2n) is 3.93. The molecule has 4 nitrogen and oxygen atoms in total. The Bertz CT molecular complexity index is 402. The van der Waals surface area contributed by atoms with Gasteiger partial charge in [0.1, 0.15) is 0 Å². The number of hydrogen-bond donors (Lipinski definition) is 0. The van der Waals surface area contributed by atoms with Gasteiger partial charge in [0, 0.05) is 0 Å². The van der Waals surface area contributed by atoms with E-state index in [0.29, 0.717) is 18.3 Å². The van der Waals surface area contributed by atoms with Gasteiger partial charge in [-0.05, 0) is 30.9 Å². The maximum Gasteiger partial charge on any atom is 0.194 e. The summed E-state index contributed by atoms with van der Waals surface area (Å²) in [5.41, 5.74) is -0.605. The molecule has 82 valence electrons. The van der Waals surface area contributed by atoms with Gasteiger partial charge >= 0.3 is 0 Å². The predicted octanol–water partition coefficient (Wildman–Crippen LogP) is 2.32. The third-order valence-corrected chi connectivity index (χ3v) is 2.70. The van der Waals surface area contributed by atoms with Gasteiger partial charge in [-0.3, -0.25) is 0 Å². The Morgan fingerprint density at radius 1 is 1.12 bits per heavy atom. The highest BCUT2D eigenvalue weighted by Crippen LogP contribution is 2.40. The van der Waals surface area contributed by atoms with Crippen molar-refractivity contribution < 1.29 is 9.59 Å². The van der Waals surface area contributed by atoms with Crippen molar-refractivity contribution in [1.29, 1.82) is 0 Å². The maximum atomic E-state index is 11.0. The lowest BCUT2D eigenvalue weighted by Crippen LogP contribution is -2.32. The molecule has 0 bridgehead atoms. The largest absolute Gasteiger partial charge is 0.300 e. The first-order valence-corrected chi connectivity index (χ1v) is 5.21. The van der Waals surface area contributed by atoms with Crippen molar-refractivity contribution in [1.82, 2.24) is 0 Å². The molecular weight excluding hydrogens is 204 g/mol. The number of rotatable bonds is 5. The summed E-state index contributed by atoms with van der Waals surface area (Å²) in [4.78, 5) is 22.0. The standard InChI is InChI=1S/C12H12N2O2/c15-8-12(9-16,10-6-7-10)14-13-11-4-2-1-3-5-11/h1-5,8-10H,6-7H2. The van der Waals surface area contributed by atoms with Gasteiger partial charge in [0.25, 0.3) is 0 Å². The second kappa shape index (κ2) is 4.35. The first kappa shape index (κ1) is 10.7. The summed E-state index contributed by atoms with van der Waals surface area (Å²) in [7, 11) is 0. The van der Waals surface area contributed by atoms with Crippen molar-refractivity contribution in [2.24, 2.45) is 16.1 Å². The third-order valence-electron chi connectivity index (χ3n) is 2.70. The highest BCUT2D eigenvalue weighted by atomic mass is 16.1. The van der Waals surface area contributed by atoms with E-state index < -0.39 is 5.54 Å². The van der Waals surface area contributed by atoms with Crippen LogP contribution in [0.2, 0.25) is 0 Å². The normalized spacial score (nSPS) is 16.2. The molecule has 1 aromatic carbocycles. The van der Waals surface area contributed by atoms with E-state index in [1.807, 2.05) is 18.2 Å². The predicted molar refractivity (Wildman–Crippen MR) is 58.5 cm³/mol. The lowest BCUT2D eigenvalue weighted by Gasteiger charge is -2.12. The van der Waals surface area contributed by atoms with Crippen LogP contribution in [0.5, 0.6) is 0 Å². The lowest BCUT2D eigenvalue weighted by molar-refractivity contribution is -0.121. The fourth-order valence-electron chi connectivity index (χ4n) is 1.53. The van der Waals surface area contributed by atoms with Gasteiger partial charge in [0.05, 0.1) is 5.69 Å². The molecule has 0 spiro atoms. The van der Waals surface area contributed by atoms with E-state index in [1.54, 1.807) is 12.1 Å². The number of benzene rings is 1. The summed E-state index contributed by atoms with van der Waals surface area (Å²) in [6.07, 6.45) is 2.94. The summed E-state index contributed by atoms with van der Waals surface area (Å²) in [6, 6.07) is 9.07. The summed E-state index contributed by atoms with van der Waals surface area (Å²) in [6.45, 7) is 0. The number of azo groups is 1. The summed E-state index contributed by atoms with van der Waals surface area (Å²) >= 11 is 0. The van der Waals surface area contributed by atoms with Crippen LogP contribution in [0.3, 0.4) is 0 Å². The van der Waals surface area contributed by atoms with Crippen LogP contribution in [-0.2, 0) is 9.59 Å². The van der Waals surface area contributed by atoms with E-state index in [1.165, 1.54) is 0 Å². The third kappa shape index (κ3) is 2.05. The van der Waals surface area contributed by atoms with Gasteiger partial charge in [0.15, 0.2) is 18.1 Å².